The number of esters is 1. The summed E-state index contributed by atoms with van der Waals surface area (Å²) < 4.78 is 9.79. The van der Waals surface area contributed by atoms with Gasteiger partial charge in [-0.05, 0) is 50.1 Å². The van der Waals surface area contributed by atoms with Crippen LogP contribution in [0, 0.1) is 18.0 Å². The predicted octanol–water partition coefficient (Wildman–Crippen LogP) is 6.87. The number of carbonyl (C=O) groups excluding carboxylic acids is 1. The van der Waals surface area contributed by atoms with Crippen molar-refractivity contribution in [2.75, 3.05) is 29.0 Å². The molecule has 176 valence electrons. The van der Waals surface area contributed by atoms with Crippen molar-refractivity contribution < 1.29 is 9.53 Å². The first kappa shape index (κ1) is 23.8. The number of ether oxygens (including phenoxy) is 1. The summed E-state index contributed by atoms with van der Waals surface area (Å²) in [6.07, 6.45) is 0.462. The zero-order valence-corrected chi connectivity index (χ0v) is 20.7. The molecular formula is C28H32N3O2P. The topological polar surface area (TPSA) is 56.6 Å². The summed E-state index contributed by atoms with van der Waals surface area (Å²) in [6.45, 7) is 9.99. The number of carbonyl (C=O) groups is 1. The molecule has 1 N–H and O–H groups in total. The summed E-state index contributed by atoms with van der Waals surface area (Å²) in [6, 6.07) is 28.2. The summed E-state index contributed by atoms with van der Waals surface area (Å²) in [4.78, 5) is 13.3. The van der Waals surface area contributed by atoms with Gasteiger partial charge in [-0.2, -0.15) is 0 Å². The second-order valence-corrected chi connectivity index (χ2v) is 11.2. The number of para-hydroxylation sites is 2. The maximum Gasteiger partial charge on any atom is 0.313 e. The zero-order valence-electron chi connectivity index (χ0n) is 19.9. The van der Waals surface area contributed by atoms with E-state index in [4.69, 9.17) is 4.74 Å². The fourth-order valence-corrected chi connectivity index (χ4v) is 7.67. The molecular weight excluding hydrogens is 441 g/mol. The molecule has 6 heteroatoms. The van der Waals surface area contributed by atoms with E-state index in [1.165, 1.54) is 5.56 Å². The lowest BCUT2D eigenvalue weighted by atomic mass is 9.98. The summed E-state index contributed by atoms with van der Waals surface area (Å²) in [7, 11) is -2.93. The molecule has 0 amide bonds. The van der Waals surface area contributed by atoms with Gasteiger partial charge in [-0.15, -0.1) is 0 Å². The number of benzene rings is 3. The van der Waals surface area contributed by atoms with Crippen LogP contribution in [0.5, 0.6) is 0 Å². The molecule has 5 nitrogen and oxygen atoms in total. The summed E-state index contributed by atoms with van der Waals surface area (Å²) >= 11 is 0. The minimum Gasteiger partial charge on any atom is -0.466 e. The zero-order chi connectivity index (χ0) is 24.1. The van der Waals surface area contributed by atoms with Gasteiger partial charge in [0.05, 0.1) is 12.5 Å². The van der Waals surface area contributed by atoms with Crippen LogP contribution in [0.15, 0.2) is 96.8 Å². The lowest BCUT2D eigenvalue weighted by molar-refractivity contribution is -0.146. The maximum atomic E-state index is 13.3. The molecule has 1 fully saturated rings. The van der Waals surface area contributed by atoms with Gasteiger partial charge >= 0.3 is 5.97 Å². The van der Waals surface area contributed by atoms with E-state index in [2.05, 4.69) is 15.9 Å². The normalized spacial score (nSPS) is 15.7. The third kappa shape index (κ3) is 4.67. The van der Waals surface area contributed by atoms with Crippen molar-refractivity contribution in [1.29, 1.82) is 5.16 Å². The third-order valence-corrected chi connectivity index (χ3v) is 9.64. The smallest absolute Gasteiger partial charge is 0.313 e. The Morgan fingerprint density at radius 1 is 0.941 bits per heavy atom. The van der Waals surface area contributed by atoms with E-state index in [0.717, 1.165) is 16.9 Å². The molecule has 3 aromatic carbocycles. The minimum atomic E-state index is -2.93. The van der Waals surface area contributed by atoms with Gasteiger partial charge in [0.2, 0.25) is 0 Å². The van der Waals surface area contributed by atoms with Crippen molar-refractivity contribution in [2.24, 2.45) is 5.92 Å². The highest BCUT2D eigenvalue weighted by Gasteiger charge is 2.45. The minimum absolute atomic E-state index is 0.296. The summed E-state index contributed by atoms with van der Waals surface area (Å²) in [5.41, 5.74) is 4.15. The van der Waals surface area contributed by atoms with Crippen molar-refractivity contribution in [3.8, 4) is 0 Å². The Morgan fingerprint density at radius 3 is 1.91 bits per heavy atom. The SMILES string of the molecule is C=C(C(Cc1ccc(C)cc1)C(=O)OCC)P1(=N)N(c2ccccc2)CCN1c1ccccc1. The van der Waals surface area contributed by atoms with Crippen molar-refractivity contribution in [3.05, 3.63) is 108 Å². The second kappa shape index (κ2) is 10.3. The standard InChI is InChI=1S/C28H32N3O2P/c1-4-33-28(32)27(21-24-17-15-22(2)16-18-24)23(3)34(29)30(25-11-7-5-8-12-25)19-20-31(34)26-13-9-6-10-14-26/h5-18,27,29H,3-4,19-21H2,1-2H3. The molecule has 0 aromatic heterocycles. The fourth-order valence-electron chi connectivity index (χ4n) is 4.47. The molecule has 0 saturated carbocycles. The lowest BCUT2D eigenvalue weighted by Crippen LogP contribution is -2.28. The largest absolute Gasteiger partial charge is 0.466 e. The van der Waals surface area contributed by atoms with Gasteiger partial charge in [-0.3, -0.25) is 9.96 Å². The number of hydrogen-bond acceptors (Lipinski definition) is 3. The maximum absolute atomic E-state index is 13.3. The Balaban J connectivity index is 1.79. The molecule has 0 aliphatic carbocycles. The van der Waals surface area contributed by atoms with Crippen LogP contribution in [0.3, 0.4) is 0 Å². The van der Waals surface area contributed by atoms with E-state index in [1.807, 2.05) is 98.8 Å². The number of anilines is 2. The van der Waals surface area contributed by atoms with Crippen LogP contribution < -0.4 is 9.34 Å². The third-order valence-electron chi connectivity index (χ3n) is 6.27. The molecule has 4 rings (SSSR count). The van der Waals surface area contributed by atoms with E-state index >= 15 is 0 Å². The Morgan fingerprint density at radius 2 is 1.44 bits per heavy atom. The Kier molecular flexibility index (Phi) is 7.23. The average Bonchev–Trinajstić information content (AvgIpc) is 3.22. The molecule has 3 aromatic rings. The van der Waals surface area contributed by atoms with Gasteiger partial charge in [0.1, 0.15) is 0 Å². The summed E-state index contributed by atoms with van der Waals surface area (Å²) in [5.74, 6) is -0.920. The van der Waals surface area contributed by atoms with Crippen molar-refractivity contribution >= 4 is 24.7 Å². The number of rotatable bonds is 8. The van der Waals surface area contributed by atoms with E-state index in [-0.39, 0.29) is 5.97 Å². The van der Waals surface area contributed by atoms with Crippen molar-refractivity contribution in [3.63, 3.8) is 0 Å². The van der Waals surface area contributed by atoms with Crippen LogP contribution in [0.4, 0.5) is 11.4 Å². The van der Waals surface area contributed by atoms with Crippen LogP contribution in [-0.4, -0.2) is 25.7 Å². The Bertz CT molecular complexity index is 1130. The Labute approximate surface area is 202 Å². The first-order valence-corrected chi connectivity index (χ1v) is 13.4. The number of hydrogen-bond donors (Lipinski definition) is 1. The number of nitrogens with zero attached hydrogens (tertiary/aromatic N) is 2. The van der Waals surface area contributed by atoms with Gasteiger partial charge in [0, 0.05) is 29.8 Å². The molecule has 1 unspecified atom stereocenters. The van der Waals surface area contributed by atoms with Crippen LogP contribution >= 0.6 is 7.36 Å². The molecule has 1 heterocycles. The van der Waals surface area contributed by atoms with Crippen molar-refractivity contribution in [1.82, 2.24) is 0 Å². The van der Waals surface area contributed by atoms with Crippen LogP contribution in [0.1, 0.15) is 18.1 Å². The summed E-state index contributed by atoms with van der Waals surface area (Å²) in [5, 5.41) is 10.6. The molecule has 1 aliphatic rings. The first-order chi connectivity index (χ1) is 16.4. The van der Waals surface area contributed by atoms with E-state index in [0.29, 0.717) is 31.4 Å². The van der Waals surface area contributed by atoms with Gasteiger partial charge in [-0.1, -0.05) is 72.8 Å². The van der Waals surface area contributed by atoms with Gasteiger partial charge in [-0.25, -0.2) is 0 Å². The average molecular weight is 474 g/mol. The molecule has 0 bridgehead atoms. The van der Waals surface area contributed by atoms with E-state index < -0.39 is 13.3 Å². The van der Waals surface area contributed by atoms with Crippen LogP contribution in [0.25, 0.3) is 0 Å². The molecule has 0 spiro atoms. The van der Waals surface area contributed by atoms with E-state index in [1.54, 1.807) is 0 Å². The van der Waals surface area contributed by atoms with Gasteiger partial charge in [0.15, 0.2) is 7.36 Å². The fraction of sp³-hybridized carbons (Fsp3) is 0.250. The molecule has 0 radical (unpaired) electrons. The molecule has 34 heavy (non-hydrogen) atoms. The monoisotopic (exact) mass is 473 g/mol. The molecule has 1 aliphatic heterocycles. The highest BCUT2D eigenvalue weighted by Crippen LogP contribution is 2.67. The molecule has 1 atom stereocenters. The quantitative estimate of drug-likeness (QED) is 0.287. The highest BCUT2D eigenvalue weighted by molar-refractivity contribution is 7.72. The Hall–Kier alpha value is -3.30. The van der Waals surface area contributed by atoms with E-state index in [9.17, 15) is 9.96 Å². The second-order valence-electron chi connectivity index (χ2n) is 8.50. The first-order valence-electron chi connectivity index (χ1n) is 11.7. The predicted molar refractivity (Wildman–Crippen MR) is 141 cm³/mol. The van der Waals surface area contributed by atoms with Crippen molar-refractivity contribution in [2.45, 2.75) is 20.3 Å². The van der Waals surface area contributed by atoms with Crippen LogP contribution in [-0.2, 0) is 16.0 Å². The molecule has 1 saturated heterocycles. The number of nitrogens with one attached hydrogen (secondary N) is 1. The van der Waals surface area contributed by atoms with Crippen LogP contribution in [0.2, 0.25) is 0 Å². The van der Waals surface area contributed by atoms with Gasteiger partial charge in [0.25, 0.3) is 0 Å². The highest BCUT2D eigenvalue weighted by atomic mass is 31.2. The number of aryl methyl sites for hydroxylation is 1. The lowest BCUT2D eigenvalue weighted by Gasteiger charge is -2.39. The van der Waals surface area contributed by atoms with Gasteiger partial charge < -0.3 is 14.1 Å².